The molecule has 7 heteroatoms. The van der Waals surface area contributed by atoms with E-state index in [0.29, 0.717) is 30.3 Å². The van der Waals surface area contributed by atoms with E-state index < -0.39 is 0 Å². The number of hydrogen-bond donors (Lipinski definition) is 0. The van der Waals surface area contributed by atoms with E-state index in [-0.39, 0.29) is 5.78 Å². The molecule has 0 aliphatic carbocycles. The van der Waals surface area contributed by atoms with Gasteiger partial charge in [0.25, 0.3) is 0 Å². The van der Waals surface area contributed by atoms with Crippen LogP contribution >= 0.6 is 11.3 Å². The van der Waals surface area contributed by atoms with E-state index in [1.807, 2.05) is 54.8 Å². The van der Waals surface area contributed by atoms with Gasteiger partial charge < -0.3 is 18.9 Å². The third-order valence-corrected chi connectivity index (χ3v) is 6.79. The van der Waals surface area contributed by atoms with Crippen LogP contribution in [0.2, 0.25) is 0 Å². The summed E-state index contributed by atoms with van der Waals surface area (Å²) in [6, 6.07) is 11.9. The number of rotatable bonds is 6. The summed E-state index contributed by atoms with van der Waals surface area (Å²) in [7, 11) is 3.27. The van der Waals surface area contributed by atoms with Crippen LogP contribution < -0.4 is 18.9 Å². The van der Waals surface area contributed by atoms with Crippen LogP contribution in [-0.2, 0) is 13.0 Å². The zero-order valence-electron chi connectivity index (χ0n) is 18.8. The summed E-state index contributed by atoms with van der Waals surface area (Å²) in [6.45, 7) is 3.87. The average Bonchev–Trinajstić information content (AvgIpc) is 3.46. The number of carbonyl (C=O) groups is 1. The van der Waals surface area contributed by atoms with Gasteiger partial charge in [0.05, 0.1) is 25.3 Å². The maximum absolute atomic E-state index is 13.1. The van der Waals surface area contributed by atoms with Crippen molar-refractivity contribution in [2.45, 2.75) is 19.9 Å². The third kappa shape index (κ3) is 4.10. The van der Waals surface area contributed by atoms with Crippen LogP contribution in [0.4, 0.5) is 0 Å². The van der Waals surface area contributed by atoms with Crippen LogP contribution in [0.25, 0.3) is 6.08 Å². The van der Waals surface area contributed by atoms with Crippen molar-refractivity contribution in [2.24, 2.45) is 0 Å². The quantitative estimate of drug-likeness (QED) is 0.475. The molecule has 0 saturated heterocycles. The molecule has 2 aliphatic heterocycles. The second kappa shape index (κ2) is 8.92. The van der Waals surface area contributed by atoms with Gasteiger partial charge in [-0.25, -0.2) is 0 Å². The van der Waals surface area contributed by atoms with Gasteiger partial charge in [-0.1, -0.05) is 12.1 Å². The summed E-state index contributed by atoms with van der Waals surface area (Å²) in [5.41, 5.74) is 3.60. The van der Waals surface area contributed by atoms with Crippen molar-refractivity contribution < 1.29 is 23.7 Å². The fraction of sp³-hybridized carbons (Fsp3) is 0.269. The molecule has 0 spiro atoms. The van der Waals surface area contributed by atoms with Gasteiger partial charge in [-0.2, -0.15) is 0 Å². The second-order valence-electron chi connectivity index (χ2n) is 8.09. The summed E-state index contributed by atoms with van der Waals surface area (Å²) in [6.07, 6.45) is 2.65. The Kier molecular flexibility index (Phi) is 5.83. The van der Waals surface area contributed by atoms with E-state index >= 15 is 0 Å². The molecule has 0 radical (unpaired) electrons. The number of ether oxygens (including phenoxy) is 4. The number of hydrogen-bond acceptors (Lipinski definition) is 7. The highest BCUT2D eigenvalue weighted by molar-refractivity contribution is 7.10. The maximum atomic E-state index is 13.1. The monoisotopic (exact) mass is 463 g/mol. The van der Waals surface area contributed by atoms with Gasteiger partial charge in [0, 0.05) is 24.0 Å². The molecule has 0 saturated carbocycles. The second-order valence-corrected chi connectivity index (χ2v) is 9.07. The van der Waals surface area contributed by atoms with Crippen molar-refractivity contribution in [3.05, 3.63) is 74.7 Å². The van der Waals surface area contributed by atoms with Crippen molar-refractivity contribution in [3.8, 4) is 23.0 Å². The number of ketones is 1. The highest BCUT2D eigenvalue weighted by atomic mass is 32.1. The average molecular weight is 464 g/mol. The lowest BCUT2D eigenvalue weighted by molar-refractivity contribution is 0.0949. The van der Waals surface area contributed by atoms with Crippen molar-refractivity contribution in [2.75, 3.05) is 27.5 Å². The molecule has 0 atom stereocenters. The fourth-order valence-electron chi connectivity index (χ4n) is 4.25. The lowest BCUT2D eigenvalue weighted by Crippen LogP contribution is -2.34. The smallest absolute Gasteiger partial charge is 0.232 e. The van der Waals surface area contributed by atoms with Crippen molar-refractivity contribution in [1.29, 1.82) is 0 Å². The van der Waals surface area contributed by atoms with Crippen LogP contribution in [0, 0.1) is 6.92 Å². The number of aryl methyl sites for hydroxylation is 1. The molecule has 33 heavy (non-hydrogen) atoms. The zero-order valence-corrected chi connectivity index (χ0v) is 19.7. The van der Waals surface area contributed by atoms with E-state index in [1.165, 1.54) is 0 Å². The van der Waals surface area contributed by atoms with Crippen LogP contribution in [0.3, 0.4) is 0 Å². The number of allylic oxidation sites excluding steroid dienone is 1. The molecule has 170 valence electrons. The van der Waals surface area contributed by atoms with Crippen molar-refractivity contribution in [1.82, 2.24) is 4.90 Å². The molecule has 3 aromatic rings. The van der Waals surface area contributed by atoms with E-state index in [9.17, 15) is 4.79 Å². The molecule has 0 N–H and O–H groups in total. The predicted molar refractivity (Wildman–Crippen MR) is 128 cm³/mol. The van der Waals surface area contributed by atoms with Gasteiger partial charge in [-0.3, -0.25) is 9.69 Å². The van der Waals surface area contributed by atoms with E-state index in [2.05, 4.69) is 4.90 Å². The van der Waals surface area contributed by atoms with Gasteiger partial charge in [0.1, 0.15) is 18.2 Å². The third-order valence-electron chi connectivity index (χ3n) is 5.97. The van der Waals surface area contributed by atoms with Crippen LogP contribution in [-0.4, -0.2) is 38.2 Å². The first kappa shape index (κ1) is 21.6. The van der Waals surface area contributed by atoms with Gasteiger partial charge in [0.15, 0.2) is 17.3 Å². The normalized spacial score (nSPS) is 16.2. The Morgan fingerprint density at radius 3 is 2.76 bits per heavy atom. The molecular formula is C26H25NO5S. The summed E-state index contributed by atoms with van der Waals surface area (Å²) in [4.78, 5) is 16.3. The van der Waals surface area contributed by atoms with Crippen LogP contribution in [0.1, 0.15) is 31.9 Å². The first-order chi connectivity index (χ1) is 16.1. The van der Waals surface area contributed by atoms with E-state index in [4.69, 9.17) is 18.9 Å². The number of Topliss-reactive ketones (excluding diaryl/α,β-unsaturated/α-hetero) is 1. The zero-order chi connectivity index (χ0) is 22.9. The number of nitrogens with zero attached hydrogens (tertiary/aromatic N) is 1. The lowest BCUT2D eigenvalue weighted by Gasteiger charge is -2.30. The van der Waals surface area contributed by atoms with E-state index in [0.717, 1.165) is 51.8 Å². The fourth-order valence-corrected chi connectivity index (χ4v) is 4.89. The van der Waals surface area contributed by atoms with Gasteiger partial charge in [-0.15, -0.1) is 11.3 Å². The highest BCUT2D eigenvalue weighted by Gasteiger charge is 2.35. The lowest BCUT2D eigenvalue weighted by atomic mass is 9.98. The van der Waals surface area contributed by atoms with Crippen LogP contribution in [0.15, 0.2) is 47.5 Å². The summed E-state index contributed by atoms with van der Waals surface area (Å²) in [5, 5.41) is 1.98. The standard InChI is InChI=1S/C26H25NO5S/c1-16-11-21-19(26-24(16)25(28)23(32-26)13-18-5-4-10-33-18)14-27(15-31-21)9-8-17-6-7-20(29-2)22(12-17)30-3/h4-7,10-13H,8-9,14-15H2,1-3H3/b23-13+. The first-order valence-corrected chi connectivity index (χ1v) is 11.7. The summed E-state index contributed by atoms with van der Waals surface area (Å²) < 4.78 is 22.9. The summed E-state index contributed by atoms with van der Waals surface area (Å²) >= 11 is 1.57. The molecule has 3 heterocycles. The highest BCUT2D eigenvalue weighted by Crippen LogP contribution is 2.44. The number of thiophene rings is 1. The largest absolute Gasteiger partial charge is 0.493 e. The van der Waals surface area contributed by atoms with Gasteiger partial charge in [-0.05, 0) is 54.1 Å². The predicted octanol–water partition coefficient (Wildman–Crippen LogP) is 5.08. The Morgan fingerprint density at radius 1 is 1.15 bits per heavy atom. The number of fused-ring (bicyclic) bond motifs is 3. The van der Waals surface area contributed by atoms with Crippen molar-refractivity contribution in [3.63, 3.8) is 0 Å². The number of methoxy groups -OCH3 is 2. The van der Waals surface area contributed by atoms with Crippen LogP contribution in [0.5, 0.6) is 23.0 Å². The molecule has 2 aliphatic rings. The Hall–Kier alpha value is -3.29. The molecule has 0 bridgehead atoms. The molecule has 2 aromatic carbocycles. The van der Waals surface area contributed by atoms with Gasteiger partial charge >= 0.3 is 0 Å². The van der Waals surface area contributed by atoms with Crippen molar-refractivity contribution >= 4 is 23.2 Å². The molecule has 6 nitrogen and oxygen atoms in total. The minimum Gasteiger partial charge on any atom is -0.493 e. The number of benzene rings is 2. The molecule has 5 rings (SSSR count). The van der Waals surface area contributed by atoms with Gasteiger partial charge in [0.2, 0.25) is 5.78 Å². The molecule has 1 aromatic heterocycles. The molecule has 0 amide bonds. The molecule has 0 unspecified atom stereocenters. The Morgan fingerprint density at radius 2 is 2.00 bits per heavy atom. The van der Waals surface area contributed by atoms with E-state index in [1.54, 1.807) is 25.6 Å². The minimum absolute atomic E-state index is 0.0684. The summed E-state index contributed by atoms with van der Waals surface area (Å²) in [5.74, 6) is 3.16. The first-order valence-electron chi connectivity index (χ1n) is 10.8. The molecule has 0 fully saturated rings. The SMILES string of the molecule is COc1ccc(CCN2COc3cc(C)c4c(c3C2)O/C(=C/c2cccs2)C4=O)cc1OC. The number of carbonyl (C=O) groups excluding carboxylic acids is 1. The maximum Gasteiger partial charge on any atom is 0.232 e. The topological polar surface area (TPSA) is 57.2 Å². The molecular weight excluding hydrogens is 438 g/mol. The Balaban J connectivity index is 1.36. The Labute approximate surface area is 197 Å². The Bertz CT molecular complexity index is 1230. The minimum atomic E-state index is -0.0684.